The third kappa shape index (κ3) is 2.59. The highest BCUT2D eigenvalue weighted by Gasteiger charge is 2.08. The van der Waals surface area contributed by atoms with Gasteiger partial charge in [0.1, 0.15) is 0 Å². The van der Waals surface area contributed by atoms with Gasteiger partial charge in [0.2, 0.25) is 5.95 Å². The SMILES string of the molecule is CN(Cc1ccc(CN)cc1)c1nnnn1C. The maximum atomic E-state index is 5.56. The lowest BCUT2D eigenvalue weighted by Crippen LogP contribution is -2.20. The Morgan fingerprint density at radius 2 is 1.88 bits per heavy atom. The fourth-order valence-corrected chi connectivity index (χ4v) is 1.67. The molecule has 0 spiro atoms. The molecule has 0 saturated carbocycles. The molecule has 2 aromatic rings. The van der Waals surface area contributed by atoms with Crippen molar-refractivity contribution in [2.24, 2.45) is 12.8 Å². The lowest BCUT2D eigenvalue weighted by atomic mass is 10.1. The minimum Gasteiger partial charge on any atom is -0.338 e. The highest BCUT2D eigenvalue weighted by molar-refractivity contribution is 5.30. The van der Waals surface area contributed by atoms with E-state index < -0.39 is 0 Å². The van der Waals surface area contributed by atoms with Gasteiger partial charge in [-0.3, -0.25) is 0 Å². The Kier molecular flexibility index (Phi) is 3.34. The van der Waals surface area contributed by atoms with Crippen molar-refractivity contribution < 1.29 is 0 Å². The molecule has 0 saturated heterocycles. The summed E-state index contributed by atoms with van der Waals surface area (Å²) in [6, 6.07) is 8.22. The maximum absolute atomic E-state index is 5.56. The number of benzene rings is 1. The summed E-state index contributed by atoms with van der Waals surface area (Å²) in [4.78, 5) is 2.00. The van der Waals surface area contributed by atoms with Crippen molar-refractivity contribution in [3.05, 3.63) is 35.4 Å². The Morgan fingerprint density at radius 1 is 1.24 bits per heavy atom. The van der Waals surface area contributed by atoms with E-state index in [1.54, 1.807) is 4.68 Å². The molecule has 1 heterocycles. The van der Waals surface area contributed by atoms with Crippen LogP contribution in [0.25, 0.3) is 0 Å². The molecule has 0 aliphatic carbocycles. The van der Waals surface area contributed by atoms with Gasteiger partial charge in [0, 0.05) is 27.2 Å². The van der Waals surface area contributed by atoms with Gasteiger partial charge in [0.15, 0.2) is 0 Å². The van der Waals surface area contributed by atoms with Gasteiger partial charge in [-0.2, -0.15) is 0 Å². The molecule has 0 amide bonds. The summed E-state index contributed by atoms with van der Waals surface area (Å²) >= 11 is 0. The quantitative estimate of drug-likeness (QED) is 0.821. The Morgan fingerprint density at radius 3 is 2.41 bits per heavy atom. The third-order valence-electron chi connectivity index (χ3n) is 2.62. The average molecular weight is 232 g/mol. The van der Waals surface area contributed by atoms with Crippen molar-refractivity contribution in [2.75, 3.05) is 11.9 Å². The molecule has 17 heavy (non-hydrogen) atoms. The smallest absolute Gasteiger partial charge is 0.245 e. The highest BCUT2D eigenvalue weighted by atomic mass is 15.6. The molecule has 0 fully saturated rings. The van der Waals surface area contributed by atoms with Crippen molar-refractivity contribution in [1.29, 1.82) is 0 Å². The van der Waals surface area contributed by atoms with Gasteiger partial charge < -0.3 is 10.6 Å². The molecular weight excluding hydrogens is 216 g/mol. The van der Waals surface area contributed by atoms with Crippen molar-refractivity contribution in [1.82, 2.24) is 20.2 Å². The van der Waals surface area contributed by atoms with Crippen LogP contribution < -0.4 is 10.6 Å². The van der Waals surface area contributed by atoms with Gasteiger partial charge in [-0.15, -0.1) is 0 Å². The molecule has 0 aliphatic rings. The van der Waals surface area contributed by atoms with Crippen LogP contribution in [0.1, 0.15) is 11.1 Å². The summed E-state index contributed by atoms with van der Waals surface area (Å²) in [5.41, 5.74) is 7.90. The third-order valence-corrected chi connectivity index (χ3v) is 2.62. The summed E-state index contributed by atoms with van der Waals surface area (Å²) < 4.78 is 1.65. The first-order valence-corrected chi connectivity index (χ1v) is 5.42. The number of hydrogen-bond donors (Lipinski definition) is 1. The predicted molar refractivity (Wildman–Crippen MR) is 65.2 cm³/mol. The Bertz CT molecular complexity index is 475. The summed E-state index contributed by atoms with van der Waals surface area (Å²) in [5, 5.41) is 11.4. The minimum atomic E-state index is 0.573. The molecule has 1 aromatic carbocycles. The van der Waals surface area contributed by atoms with E-state index in [0.29, 0.717) is 6.54 Å². The number of nitrogens with two attached hydrogens (primary N) is 1. The van der Waals surface area contributed by atoms with Gasteiger partial charge in [0.25, 0.3) is 0 Å². The first-order chi connectivity index (χ1) is 8.20. The Balaban J connectivity index is 2.07. The molecule has 0 unspecified atom stereocenters. The van der Waals surface area contributed by atoms with Crippen LogP contribution in [0.2, 0.25) is 0 Å². The van der Waals surface area contributed by atoms with Gasteiger partial charge in [-0.25, -0.2) is 4.68 Å². The number of aryl methyl sites for hydroxylation is 1. The highest BCUT2D eigenvalue weighted by Crippen LogP contribution is 2.11. The number of rotatable bonds is 4. The van der Waals surface area contributed by atoms with Gasteiger partial charge in [-0.1, -0.05) is 29.4 Å². The molecule has 0 radical (unpaired) electrons. The van der Waals surface area contributed by atoms with Crippen molar-refractivity contribution in [3.8, 4) is 0 Å². The first kappa shape index (κ1) is 11.5. The topological polar surface area (TPSA) is 72.9 Å². The van der Waals surface area contributed by atoms with E-state index in [0.717, 1.165) is 18.1 Å². The number of anilines is 1. The minimum absolute atomic E-state index is 0.573. The molecule has 0 atom stereocenters. The molecule has 1 aromatic heterocycles. The van der Waals surface area contributed by atoms with Gasteiger partial charge in [-0.05, 0) is 21.6 Å². The zero-order valence-electron chi connectivity index (χ0n) is 10.0. The maximum Gasteiger partial charge on any atom is 0.245 e. The molecule has 6 heteroatoms. The van der Waals surface area contributed by atoms with Crippen molar-refractivity contribution in [3.63, 3.8) is 0 Å². The summed E-state index contributed by atoms with van der Waals surface area (Å²) in [6.45, 7) is 1.34. The second kappa shape index (κ2) is 4.92. The molecule has 0 bridgehead atoms. The van der Waals surface area contributed by atoms with Crippen LogP contribution in [0, 0.1) is 0 Å². The van der Waals surface area contributed by atoms with Gasteiger partial charge in [0.05, 0.1) is 0 Å². The molecule has 90 valence electrons. The van der Waals surface area contributed by atoms with Crippen LogP contribution in [0.15, 0.2) is 24.3 Å². The number of nitrogens with zero attached hydrogens (tertiary/aromatic N) is 5. The normalized spacial score (nSPS) is 10.5. The molecule has 2 N–H and O–H groups in total. The van der Waals surface area contributed by atoms with E-state index in [1.165, 1.54) is 5.56 Å². The Labute approximate surface area is 100 Å². The summed E-state index contributed by atoms with van der Waals surface area (Å²) in [6.07, 6.45) is 0. The van der Waals surface area contributed by atoms with Crippen LogP contribution in [-0.4, -0.2) is 27.3 Å². The molecule has 6 nitrogen and oxygen atoms in total. The molecule has 0 aliphatic heterocycles. The largest absolute Gasteiger partial charge is 0.338 e. The lowest BCUT2D eigenvalue weighted by molar-refractivity contribution is 0.696. The van der Waals surface area contributed by atoms with Crippen LogP contribution >= 0.6 is 0 Å². The van der Waals surface area contributed by atoms with Crippen molar-refractivity contribution >= 4 is 5.95 Å². The van der Waals surface area contributed by atoms with Crippen molar-refractivity contribution in [2.45, 2.75) is 13.1 Å². The van der Waals surface area contributed by atoms with E-state index in [-0.39, 0.29) is 0 Å². The zero-order valence-corrected chi connectivity index (χ0v) is 10.0. The fraction of sp³-hybridized carbons (Fsp3) is 0.364. The lowest BCUT2D eigenvalue weighted by Gasteiger charge is -2.16. The standard InChI is InChI=1S/C11H16N6/c1-16(11-13-14-15-17(11)2)8-10-5-3-9(7-12)4-6-10/h3-6H,7-8,12H2,1-2H3. The van der Waals surface area contributed by atoms with Crippen LogP contribution in [-0.2, 0) is 20.1 Å². The van der Waals surface area contributed by atoms with Crippen LogP contribution in [0.5, 0.6) is 0 Å². The van der Waals surface area contributed by atoms with E-state index >= 15 is 0 Å². The first-order valence-electron chi connectivity index (χ1n) is 5.42. The van der Waals surface area contributed by atoms with Crippen LogP contribution in [0.3, 0.4) is 0 Å². The predicted octanol–water partition coefficient (Wildman–Crippen LogP) is 0.305. The second-order valence-corrected chi connectivity index (χ2v) is 3.98. The van der Waals surface area contributed by atoms with E-state index in [4.69, 9.17) is 5.73 Å². The molecule has 2 rings (SSSR count). The summed E-state index contributed by atoms with van der Waals surface area (Å²) in [5.74, 6) is 0.743. The van der Waals surface area contributed by atoms with E-state index in [2.05, 4.69) is 27.7 Å². The number of hydrogen-bond acceptors (Lipinski definition) is 5. The average Bonchev–Trinajstić information content (AvgIpc) is 2.76. The molecular formula is C11H16N6. The Hall–Kier alpha value is -1.95. The number of tetrazole rings is 1. The monoisotopic (exact) mass is 232 g/mol. The zero-order chi connectivity index (χ0) is 12.3. The van der Waals surface area contributed by atoms with E-state index in [9.17, 15) is 0 Å². The van der Waals surface area contributed by atoms with Crippen LogP contribution in [0.4, 0.5) is 5.95 Å². The fourth-order valence-electron chi connectivity index (χ4n) is 1.67. The second-order valence-electron chi connectivity index (χ2n) is 3.98. The summed E-state index contributed by atoms with van der Waals surface area (Å²) in [7, 11) is 3.78. The van der Waals surface area contributed by atoms with E-state index in [1.807, 2.05) is 31.1 Å². The number of aromatic nitrogens is 4. The van der Waals surface area contributed by atoms with Gasteiger partial charge >= 0.3 is 0 Å².